The molecule has 0 aromatic carbocycles. The van der Waals surface area contributed by atoms with Crippen LogP contribution in [0.25, 0.3) is 0 Å². The Bertz CT molecular complexity index is 344. The molecule has 0 aliphatic carbocycles. The van der Waals surface area contributed by atoms with E-state index in [9.17, 15) is 4.79 Å². The molecule has 0 atom stereocenters. The van der Waals surface area contributed by atoms with Gasteiger partial charge in [-0.3, -0.25) is 4.79 Å². The van der Waals surface area contributed by atoms with Gasteiger partial charge in [-0.05, 0) is 12.8 Å². The summed E-state index contributed by atoms with van der Waals surface area (Å²) in [7, 11) is 1.94. The molecule has 1 fully saturated rings. The van der Waals surface area contributed by atoms with E-state index in [-0.39, 0.29) is 5.91 Å². The molecule has 0 spiro atoms. The lowest BCUT2D eigenvalue weighted by Gasteiger charge is -2.14. The van der Waals surface area contributed by atoms with Crippen molar-refractivity contribution in [3.8, 4) is 0 Å². The molecule has 1 aromatic heterocycles. The molecule has 2 heterocycles. The molecular weight excluding hydrogens is 210 g/mol. The monoisotopic (exact) mass is 225 g/mol. The van der Waals surface area contributed by atoms with Gasteiger partial charge in [-0.25, -0.2) is 4.98 Å². The number of nitrogens with zero attached hydrogens (tertiary/aromatic N) is 3. The zero-order valence-corrected chi connectivity index (χ0v) is 9.66. The average Bonchev–Trinajstić information content (AvgIpc) is 2.85. The minimum Gasteiger partial charge on any atom is -0.342 e. The minimum atomic E-state index is 0.237. The molecule has 1 aliphatic heterocycles. The Balaban J connectivity index is 1.83. The van der Waals surface area contributed by atoms with E-state index >= 15 is 0 Å². The lowest BCUT2D eigenvalue weighted by atomic mass is 10.4. The standard InChI is InChI=1S/C10H15N3OS/c1-12-7-4-11-10(12)15-8-9(14)13-5-2-3-6-13/h4,7H,2-3,5-6,8H2,1H3. The van der Waals surface area contributed by atoms with Crippen LogP contribution in [-0.4, -0.2) is 39.2 Å². The fourth-order valence-corrected chi connectivity index (χ4v) is 2.51. The summed E-state index contributed by atoms with van der Waals surface area (Å²) < 4.78 is 1.93. The number of aryl methyl sites for hydroxylation is 1. The Morgan fingerprint density at radius 1 is 1.53 bits per heavy atom. The van der Waals surface area contributed by atoms with Gasteiger partial charge < -0.3 is 9.47 Å². The van der Waals surface area contributed by atoms with E-state index in [1.54, 1.807) is 6.20 Å². The van der Waals surface area contributed by atoms with Crippen molar-refractivity contribution in [2.45, 2.75) is 18.0 Å². The van der Waals surface area contributed by atoms with Crippen LogP contribution in [0.5, 0.6) is 0 Å². The van der Waals surface area contributed by atoms with E-state index in [1.165, 1.54) is 11.8 Å². The molecule has 15 heavy (non-hydrogen) atoms. The maximum Gasteiger partial charge on any atom is 0.233 e. The zero-order chi connectivity index (χ0) is 10.7. The molecule has 5 heteroatoms. The van der Waals surface area contributed by atoms with Gasteiger partial charge in [-0.1, -0.05) is 11.8 Å². The average molecular weight is 225 g/mol. The highest BCUT2D eigenvalue weighted by atomic mass is 32.2. The van der Waals surface area contributed by atoms with E-state index in [2.05, 4.69) is 4.98 Å². The van der Waals surface area contributed by atoms with Crippen LogP contribution in [0.2, 0.25) is 0 Å². The van der Waals surface area contributed by atoms with Crippen LogP contribution in [0.1, 0.15) is 12.8 Å². The van der Waals surface area contributed by atoms with Crippen LogP contribution in [-0.2, 0) is 11.8 Å². The summed E-state index contributed by atoms with van der Waals surface area (Å²) in [5.74, 6) is 0.741. The van der Waals surface area contributed by atoms with Crippen molar-refractivity contribution in [2.75, 3.05) is 18.8 Å². The van der Waals surface area contributed by atoms with E-state index in [0.717, 1.165) is 31.1 Å². The molecule has 0 N–H and O–H groups in total. The third-order valence-corrected chi connectivity index (χ3v) is 3.60. The number of likely N-dealkylation sites (tertiary alicyclic amines) is 1. The van der Waals surface area contributed by atoms with Gasteiger partial charge >= 0.3 is 0 Å². The number of carbonyl (C=O) groups is 1. The van der Waals surface area contributed by atoms with Crippen LogP contribution in [0.4, 0.5) is 0 Å². The second kappa shape index (κ2) is 4.70. The van der Waals surface area contributed by atoms with Crippen molar-refractivity contribution in [1.82, 2.24) is 14.5 Å². The van der Waals surface area contributed by atoms with Crippen LogP contribution < -0.4 is 0 Å². The summed E-state index contributed by atoms with van der Waals surface area (Å²) in [6, 6.07) is 0. The van der Waals surface area contributed by atoms with Gasteiger partial charge in [0.05, 0.1) is 5.75 Å². The van der Waals surface area contributed by atoms with E-state index < -0.39 is 0 Å². The van der Waals surface area contributed by atoms with Crippen molar-refractivity contribution in [1.29, 1.82) is 0 Å². The van der Waals surface area contributed by atoms with E-state index in [4.69, 9.17) is 0 Å². The highest BCUT2D eigenvalue weighted by Crippen LogP contribution is 2.16. The van der Waals surface area contributed by atoms with E-state index in [0.29, 0.717) is 5.75 Å². The molecule has 1 saturated heterocycles. The van der Waals surface area contributed by atoms with Gasteiger partial charge in [-0.15, -0.1) is 0 Å². The first-order valence-electron chi connectivity index (χ1n) is 5.15. The van der Waals surface area contributed by atoms with Crippen molar-refractivity contribution in [3.63, 3.8) is 0 Å². The fourth-order valence-electron chi connectivity index (χ4n) is 1.68. The third kappa shape index (κ3) is 2.53. The number of amides is 1. The van der Waals surface area contributed by atoms with Crippen LogP contribution in [0, 0.1) is 0 Å². The first-order chi connectivity index (χ1) is 7.27. The molecule has 1 aromatic rings. The summed E-state index contributed by atoms with van der Waals surface area (Å²) in [4.78, 5) is 17.8. The van der Waals surface area contributed by atoms with Crippen LogP contribution in [0.15, 0.2) is 17.6 Å². The Morgan fingerprint density at radius 2 is 2.27 bits per heavy atom. The third-order valence-electron chi connectivity index (χ3n) is 2.56. The first kappa shape index (κ1) is 10.5. The molecule has 0 bridgehead atoms. The summed E-state index contributed by atoms with van der Waals surface area (Å²) in [6.45, 7) is 1.86. The zero-order valence-electron chi connectivity index (χ0n) is 8.85. The van der Waals surface area contributed by atoms with Gasteiger partial charge in [0, 0.05) is 32.5 Å². The molecule has 0 radical (unpaired) electrons. The number of carbonyl (C=O) groups excluding carboxylic acids is 1. The Hall–Kier alpha value is -0.970. The second-order valence-corrected chi connectivity index (χ2v) is 4.64. The Kier molecular flexibility index (Phi) is 3.30. The van der Waals surface area contributed by atoms with Gasteiger partial charge in [0.1, 0.15) is 0 Å². The summed E-state index contributed by atoms with van der Waals surface area (Å²) >= 11 is 1.51. The number of rotatable bonds is 3. The second-order valence-electron chi connectivity index (χ2n) is 3.70. The maximum absolute atomic E-state index is 11.7. The predicted octanol–water partition coefficient (Wildman–Crippen LogP) is 1.13. The lowest BCUT2D eigenvalue weighted by molar-refractivity contribution is -0.127. The number of imidazole rings is 1. The number of thioether (sulfide) groups is 1. The topological polar surface area (TPSA) is 38.1 Å². The Morgan fingerprint density at radius 3 is 2.87 bits per heavy atom. The van der Waals surface area contributed by atoms with Crippen LogP contribution >= 0.6 is 11.8 Å². The molecule has 1 amide bonds. The summed E-state index contributed by atoms with van der Waals surface area (Å²) in [6.07, 6.45) is 5.95. The molecule has 0 unspecified atom stereocenters. The highest BCUT2D eigenvalue weighted by molar-refractivity contribution is 7.99. The van der Waals surface area contributed by atoms with Crippen molar-refractivity contribution < 1.29 is 4.79 Å². The quantitative estimate of drug-likeness (QED) is 0.724. The predicted molar refractivity (Wildman–Crippen MR) is 59.7 cm³/mol. The summed E-state index contributed by atoms with van der Waals surface area (Å²) in [5, 5.41) is 0.905. The van der Waals surface area contributed by atoms with Gasteiger partial charge in [0.2, 0.25) is 5.91 Å². The van der Waals surface area contributed by atoms with Gasteiger partial charge in [0.25, 0.3) is 0 Å². The largest absolute Gasteiger partial charge is 0.342 e. The molecule has 4 nitrogen and oxygen atoms in total. The van der Waals surface area contributed by atoms with E-state index in [1.807, 2.05) is 22.7 Å². The molecule has 1 aliphatic rings. The van der Waals surface area contributed by atoms with Gasteiger partial charge in [-0.2, -0.15) is 0 Å². The maximum atomic E-state index is 11.7. The van der Waals surface area contributed by atoms with Crippen LogP contribution in [0.3, 0.4) is 0 Å². The SMILES string of the molecule is Cn1ccnc1SCC(=O)N1CCCC1. The van der Waals surface area contributed by atoms with Crippen molar-refractivity contribution in [2.24, 2.45) is 7.05 Å². The Labute approximate surface area is 93.7 Å². The smallest absolute Gasteiger partial charge is 0.233 e. The van der Waals surface area contributed by atoms with Gasteiger partial charge in [0.15, 0.2) is 5.16 Å². The number of aromatic nitrogens is 2. The summed E-state index contributed by atoms with van der Waals surface area (Å²) in [5.41, 5.74) is 0. The van der Waals surface area contributed by atoms with Crippen molar-refractivity contribution >= 4 is 17.7 Å². The normalized spacial score (nSPS) is 15.9. The molecule has 2 rings (SSSR count). The highest BCUT2D eigenvalue weighted by Gasteiger charge is 2.18. The number of hydrogen-bond donors (Lipinski definition) is 0. The fraction of sp³-hybridized carbons (Fsp3) is 0.600. The molecule has 82 valence electrons. The molecular formula is C10H15N3OS. The lowest BCUT2D eigenvalue weighted by Crippen LogP contribution is -2.29. The first-order valence-corrected chi connectivity index (χ1v) is 6.14. The van der Waals surface area contributed by atoms with Crippen molar-refractivity contribution in [3.05, 3.63) is 12.4 Å². The molecule has 0 saturated carbocycles. The minimum absolute atomic E-state index is 0.237. The number of hydrogen-bond acceptors (Lipinski definition) is 3.